The first-order chi connectivity index (χ1) is 22.4. The number of likely N-dealkylation sites (tertiary alicyclic amines) is 1. The fraction of sp³-hybridized carbons (Fsp3) is 0.278. The summed E-state index contributed by atoms with van der Waals surface area (Å²) >= 11 is 0. The summed E-state index contributed by atoms with van der Waals surface area (Å²) in [6.45, 7) is 1.89. The summed E-state index contributed by atoms with van der Waals surface area (Å²) in [5.41, 5.74) is 5.41. The fourth-order valence-corrected chi connectivity index (χ4v) is 6.44. The number of benzene rings is 3. The molecule has 4 aromatic rings. The van der Waals surface area contributed by atoms with Crippen LogP contribution in [0, 0.1) is 0 Å². The van der Waals surface area contributed by atoms with Crippen molar-refractivity contribution in [3.8, 4) is 16.9 Å². The predicted molar refractivity (Wildman–Crippen MR) is 176 cm³/mol. The molecule has 0 saturated carbocycles. The van der Waals surface area contributed by atoms with Crippen LogP contribution in [0.3, 0.4) is 0 Å². The van der Waals surface area contributed by atoms with Gasteiger partial charge in [0.2, 0.25) is 0 Å². The van der Waals surface area contributed by atoms with Gasteiger partial charge in [0.15, 0.2) is 0 Å². The highest BCUT2D eigenvalue weighted by Crippen LogP contribution is 2.37. The molecule has 0 aliphatic carbocycles. The van der Waals surface area contributed by atoms with E-state index in [4.69, 9.17) is 9.73 Å². The Morgan fingerprint density at radius 1 is 0.957 bits per heavy atom. The van der Waals surface area contributed by atoms with E-state index in [2.05, 4.69) is 15.2 Å². The molecule has 2 amide bonds. The maximum absolute atomic E-state index is 13.4. The number of aliphatic hydroxyl groups is 1. The number of nitrogens with zero attached hydrogens (tertiary/aromatic N) is 3. The maximum Gasteiger partial charge on any atom is 0.261 e. The van der Waals surface area contributed by atoms with Crippen molar-refractivity contribution in [1.29, 1.82) is 0 Å². The first-order valence-corrected chi connectivity index (χ1v) is 15.6. The minimum Gasteiger partial charge on any atom is -0.491 e. The van der Waals surface area contributed by atoms with Gasteiger partial charge in [-0.15, -0.1) is 0 Å². The van der Waals surface area contributed by atoms with Crippen molar-refractivity contribution in [3.63, 3.8) is 0 Å². The third-order valence-electron chi connectivity index (χ3n) is 8.97. The smallest absolute Gasteiger partial charge is 0.261 e. The van der Waals surface area contributed by atoms with E-state index in [1.54, 1.807) is 18.2 Å². The summed E-state index contributed by atoms with van der Waals surface area (Å²) in [6.07, 6.45) is 2.55. The topological polar surface area (TPSA) is 127 Å². The molecule has 3 aliphatic rings. The SMILES string of the molecule is CN1CCC(N2C(=O)c3cc4c(cc3C2=O)N=C(c2c(NCC(O)COc3ccc(-c5ccccc5)cc3)cc[nH]c2=O)C4)CC1. The quantitative estimate of drug-likeness (QED) is 0.240. The van der Waals surface area contributed by atoms with Crippen LogP contribution in [-0.2, 0) is 6.42 Å². The van der Waals surface area contributed by atoms with Crippen molar-refractivity contribution in [2.75, 3.05) is 38.6 Å². The summed E-state index contributed by atoms with van der Waals surface area (Å²) in [7, 11) is 2.04. The van der Waals surface area contributed by atoms with E-state index in [1.807, 2.05) is 61.6 Å². The average molecular weight is 618 g/mol. The molecule has 1 fully saturated rings. The van der Waals surface area contributed by atoms with Gasteiger partial charge in [-0.3, -0.25) is 24.3 Å². The lowest BCUT2D eigenvalue weighted by Crippen LogP contribution is -2.46. The number of amides is 2. The van der Waals surface area contributed by atoms with Crippen LogP contribution < -0.4 is 15.6 Å². The number of ether oxygens (including phenoxy) is 1. The van der Waals surface area contributed by atoms with Gasteiger partial charge in [-0.05, 0) is 80.0 Å². The molecule has 0 bridgehead atoms. The first-order valence-electron chi connectivity index (χ1n) is 15.6. The van der Waals surface area contributed by atoms with Crippen LogP contribution in [0.25, 0.3) is 11.1 Å². The van der Waals surface area contributed by atoms with Crippen LogP contribution in [0.1, 0.15) is 44.7 Å². The van der Waals surface area contributed by atoms with E-state index in [0.717, 1.165) is 42.6 Å². The zero-order valence-corrected chi connectivity index (χ0v) is 25.5. The van der Waals surface area contributed by atoms with Gasteiger partial charge in [-0.2, -0.15) is 0 Å². The molecule has 0 radical (unpaired) electrons. The van der Waals surface area contributed by atoms with Crippen molar-refractivity contribution in [3.05, 3.63) is 112 Å². The number of imide groups is 1. The van der Waals surface area contributed by atoms with Crippen molar-refractivity contribution >= 4 is 28.9 Å². The third kappa shape index (κ3) is 5.73. The van der Waals surface area contributed by atoms with Gasteiger partial charge in [0.1, 0.15) is 18.5 Å². The zero-order valence-electron chi connectivity index (χ0n) is 25.5. The molecule has 1 aromatic heterocycles. The van der Waals surface area contributed by atoms with Gasteiger partial charge >= 0.3 is 0 Å². The standard InChI is InChI=1S/C36H35N5O5/c1-40-15-12-25(13-16-40)41-35(44)28-17-24-18-32(39-31(24)19-29(28)36(41)45)33-30(11-14-37-34(33)43)38-20-26(42)21-46-27-9-7-23(8-10-27)22-5-3-2-4-6-22/h2-11,14,17,19,25-26,42H,12-13,15-16,18,20-21H2,1H3,(H2,37,38,43). The van der Waals surface area contributed by atoms with Gasteiger partial charge < -0.3 is 25.0 Å². The highest BCUT2D eigenvalue weighted by Gasteiger charge is 2.42. The number of nitrogens with one attached hydrogen (secondary N) is 2. The van der Waals surface area contributed by atoms with E-state index in [0.29, 0.717) is 45.9 Å². The summed E-state index contributed by atoms with van der Waals surface area (Å²) in [4.78, 5) is 50.8. The predicted octanol–water partition coefficient (Wildman–Crippen LogP) is 4.26. The van der Waals surface area contributed by atoms with Crippen LogP contribution in [0.15, 0.2) is 88.8 Å². The molecule has 3 aliphatic heterocycles. The van der Waals surface area contributed by atoms with Crippen molar-refractivity contribution in [1.82, 2.24) is 14.8 Å². The molecule has 7 rings (SSSR count). The number of carbonyl (C=O) groups excluding carboxylic acids is 2. The number of rotatable bonds is 9. The number of aliphatic hydroxyl groups excluding tert-OH is 1. The zero-order chi connectivity index (χ0) is 31.8. The van der Waals surface area contributed by atoms with Crippen molar-refractivity contribution < 1.29 is 19.4 Å². The maximum atomic E-state index is 13.4. The molecule has 4 heterocycles. The normalized spacial score (nSPS) is 17.1. The number of carbonyl (C=O) groups is 2. The molecule has 10 nitrogen and oxygen atoms in total. The second-order valence-electron chi connectivity index (χ2n) is 12.1. The van der Waals surface area contributed by atoms with E-state index >= 15 is 0 Å². The first kappa shape index (κ1) is 29.6. The summed E-state index contributed by atoms with van der Waals surface area (Å²) in [6, 6.07) is 22.8. The number of hydrogen-bond acceptors (Lipinski definition) is 8. The molecule has 0 spiro atoms. The van der Waals surface area contributed by atoms with Crippen LogP contribution in [-0.4, -0.2) is 82.9 Å². The molecule has 234 valence electrons. The largest absolute Gasteiger partial charge is 0.491 e. The highest BCUT2D eigenvalue weighted by molar-refractivity contribution is 6.22. The van der Waals surface area contributed by atoms with Crippen LogP contribution in [0.2, 0.25) is 0 Å². The Morgan fingerprint density at radius 2 is 1.65 bits per heavy atom. The summed E-state index contributed by atoms with van der Waals surface area (Å²) in [5, 5.41) is 13.9. The van der Waals surface area contributed by atoms with Crippen LogP contribution in [0.4, 0.5) is 11.4 Å². The Balaban J connectivity index is 1.02. The molecule has 3 aromatic carbocycles. The van der Waals surface area contributed by atoms with Crippen LogP contribution in [0.5, 0.6) is 5.75 Å². The molecular formula is C36H35N5O5. The Kier molecular flexibility index (Phi) is 7.98. The van der Waals surface area contributed by atoms with Gasteiger partial charge in [-0.1, -0.05) is 42.5 Å². The number of piperidine rings is 1. The minimum absolute atomic E-state index is 0.0603. The molecule has 1 saturated heterocycles. The van der Waals surface area contributed by atoms with E-state index in [1.165, 1.54) is 11.1 Å². The van der Waals surface area contributed by atoms with E-state index in [9.17, 15) is 19.5 Å². The number of aromatic amines is 1. The van der Waals surface area contributed by atoms with Crippen molar-refractivity contribution in [2.24, 2.45) is 4.99 Å². The third-order valence-corrected chi connectivity index (χ3v) is 8.97. The number of fused-ring (bicyclic) bond motifs is 2. The Bertz CT molecular complexity index is 1880. The second kappa shape index (κ2) is 12.4. The Hall–Kier alpha value is -5.06. The summed E-state index contributed by atoms with van der Waals surface area (Å²) in [5.74, 6) is 0.116. The van der Waals surface area contributed by atoms with Gasteiger partial charge in [0.25, 0.3) is 17.4 Å². The monoisotopic (exact) mass is 617 g/mol. The molecule has 3 N–H and O–H groups in total. The number of hydrogen-bond donors (Lipinski definition) is 3. The summed E-state index contributed by atoms with van der Waals surface area (Å²) < 4.78 is 5.81. The highest BCUT2D eigenvalue weighted by atomic mass is 16.5. The number of anilines is 1. The molecule has 46 heavy (non-hydrogen) atoms. The molecule has 10 heteroatoms. The lowest BCUT2D eigenvalue weighted by atomic mass is 10.00. The number of pyridine rings is 1. The lowest BCUT2D eigenvalue weighted by molar-refractivity contribution is 0.0516. The Morgan fingerprint density at radius 3 is 2.39 bits per heavy atom. The second-order valence-corrected chi connectivity index (χ2v) is 12.1. The molecule has 1 unspecified atom stereocenters. The lowest BCUT2D eigenvalue weighted by Gasteiger charge is -2.33. The van der Waals surface area contributed by atoms with Crippen LogP contribution >= 0.6 is 0 Å². The van der Waals surface area contributed by atoms with Gasteiger partial charge in [-0.25, -0.2) is 0 Å². The fourth-order valence-electron chi connectivity index (χ4n) is 6.44. The number of aliphatic imine (C=N–C) groups is 1. The molecular weight excluding hydrogens is 582 g/mol. The molecule has 1 atom stereocenters. The van der Waals surface area contributed by atoms with E-state index < -0.39 is 6.10 Å². The Labute approximate surface area is 266 Å². The van der Waals surface area contributed by atoms with E-state index in [-0.39, 0.29) is 36.6 Å². The van der Waals surface area contributed by atoms with Gasteiger partial charge in [0.05, 0.1) is 33.8 Å². The number of H-pyrrole nitrogens is 1. The minimum atomic E-state index is -0.851. The van der Waals surface area contributed by atoms with Crippen molar-refractivity contribution in [2.45, 2.75) is 31.4 Å². The van der Waals surface area contributed by atoms with Gasteiger partial charge in [0, 0.05) is 25.2 Å². The number of aromatic nitrogens is 1. The average Bonchev–Trinajstić information content (AvgIpc) is 3.59.